The van der Waals surface area contributed by atoms with Crippen LogP contribution in [0.25, 0.3) is 0 Å². The Morgan fingerprint density at radius 3 is 2.82 bits per heavy atom. The van der Waals surface area contributed by atoms with E-state index in [1.165, 1.54) is 31.1 Å². The van der Waals surface area contributed by atoms with Gasteiger partial charge in [-0.2, -0.15) is 0 Å². The number of hydrogen-bond donors (Lipinski definition) is 2. The van der Waals surface area contributed by atoms with E-state index in [0.717, 1.165) is 0 Å². The monoisotopic (exact) mass is 255 g/mol. The Morgan fingerprint density at radius 1 is 1.53 bits per heavy atom. The molecule has 6 nitrogen and oxygen atoms in total. The van der Waals surface area contributed by atoms with Gasteiger partial charge in [0.15, 0.2) is 0 Å². The van der Waals surface area contributed by atoms with Gasteiger partial charge in [-0.15, -0.1) is 11.8 Å². The molecule has 0 saturated carbocycles. The summed E-state index contributed by atoms with van der Waals surface area (Å²) in [5.41, 5.74) is 11.2. The summed E-state index contributed by atoms with van der Waals surface area (Å²) in [5.74, 6) is -0.371. The molecule has 1 amide bonds. The highest BCUT2D eigenvalue weighted by Gasteiger charge is 2.08. The maximum Gasteiger partial charge on any atom is 0.306 e. The number of anilines is 1. The molecule has 1 heterocycles. The number of methoxy groups -OCH3 is 1. The fraction of sp³-hybridized carbons (Fsp3) is 0.300. The normalized spacial score (nSPS) is 9.94. The number of primary amides is 1. The van der Waals surface area contributed by atoms with Crippen molar-refractivity contribution in [3.63, 3.8) is 0 Å². The molecule has 7 heteroatoms. The molecule has 0 aliphatic heterocycles. The first kappa shape index (κ1) is 13.3. The minimum Gasteiger partial charge on any atom is -0.469 e. The van der Waals surface area contributed by atoms with E-state index in [4.69, 9.17) is 11.5 Å². The zero-order valence-corrected chi connectivity index (χ0v) is 10.1. The first-order valence-electron chi connectivity index (χ1n) is 4.79. The Hall–Kier alpha value is -1.76. The van der Waals surface area contributed by atoms with Crippen molar-refractivity contribution < 1.29 is 14.3 Å². The lowest BCUT2D eigenvalue weighted by atomic mass is 10.2. The molecule has 0 bridgehead atoms. The van der Waals surface area contributed by atoms with Gasteiger partial charge in [-0.05, 0) is 6.07 Å². The Labute approximate surface area is 103 Å². The highest BCUT2D eigenvalue weighted by Crippen LogP contribution is 2.20. The summed E-state index contributed by atoms with van der Waals surface area (Å²) in [4.78, 5) is 25.9. The first-order chi connectivity index (χ1) is 8.04. The fourth-order valence-electron chi connectivity index (χ4n) is 1.08. The SMILES string of the molecule is COC(=O)CCSc1cc(C(N)=O)c(N)cn1. The number of esters is 1. The van der Waals surface area contributed by atoms with Crippen molar-refractivity contribution in [2.75, 3.05) is 18.6 Å². The molecule has 0 aliphatic rings. The van der Waals surface area contributed by atoms with Crippen molar-refractivity contribution in [3.05, 3.63) is 17.8 Å². The largest absolute Gasteiger partial charge is 0.469 e. The van der Waals surface area contributed by atoms with Gasteiger partial charge in [-0.1, -0.05) is 0 Å². The predicted molar refractivity (Wildman–Crippen MR) is 64.5 cm³/mol. The second kappa shape index (κ2) is 6.09. The summed E-state index contributed by atoms with van der Waals surface area (Å²) in [6.45, 7) is 0. The van der Waals surface area contributed by atoms with E-state index in [2.05, 4.69) is 9.72 Å². The van der Waals surface area contributed by atoms with E-state index in [1.807, 2.05) is 0 Å². The van der Waals surface area contributed by atoms with Gasteiger partial charge in [0, 0.05) is 5.75 Å². The molecule has 0 atom stereocenters. The smallest absolute Gasteiger partial charge is 0.306 e. The lowest BCUT2D eigenvalue weighted by Crippen LogP contribution is -2.14. The average molecular weight is 255 g/mol. The van der Waals surface area contributed by atoms with Crippen molar-refractivity contribution in [1.82, 2.24) is 4.98 Å². The minimum atomic E-state index is -0.597. The molecule has 92 valence electrons. The van der Waals surface area contributed by atoms with E-state index >= 15 is 0 Å². The third-order valence-electron chi connectivity index (χ3n) is 1.96. The number of pyridine rings is 1. The van der Waals surface area contributed by atoms with Crippen LogP contribution in [0.1, 0.15) is 16.8 Å². The number of nitrogens with two attached hydrogens (primary N) is 2. The molecule has 1 rings (SSSR count). The topological polar surface area (TPSA) is 108 Å². The van der Waals surface area contributed by atoms with E-state index in [0.29, 0.717) is 10.8 Å². The summed E-state index contributed by atoms with van der Waals surface area (Å²) in [5, 5.41) is 0.594. The number of carbonyl (C=O) groups excluding carboxylic acids is 2. The minimum absolute atomic E-state index is 0.237. The number of ether oxygens (including phenoxy) is 1. The van der Waals surface area contributed by atoms with Crippen LogP contribution in [-0.2, 0) is 9.53 Å². The first-order valence-corrected chi connectivity index (χ1v) is 5.78. The highest BCUT2D eigenvalue weighted by molar-refractivity contribution is 7.99. The molecule has 1 aromatic heterocycles. The van der Waals surface area contributed by atoms with Crippen LogP contribution in [0.2, 0.25) is 0 Å². The quantitative estimate of drug-likeness (QED) is 0.583. The Bertz CT molecular complexity index is 437. The number of aromatic nitrogens is 1. The number of hydrogen-bond acceptors (Lipinski definition) is 6. The van der Waals surface area contributed by atoms with E-state index in [-0.39, 0.29) is 23.6 Å². The van der Waals surface area contributed by atoms with Crippen LogP contribution in [0.5, 0.6) is 0 Å². The summed E-state index contributed by atoms with van der Waals surface area (Å²) in [6, 6.07) is 1.51. The molecule has 0 fully saturated rings. The van der Waals surface area contributed by atoms with Gasteiger partial charge in [0.2, 0.25) is 0 Å². The molecule has 0 radical (unpaired) electrons. The number of thioether (sulfide) groups is 1. The van der Waals surface area contributed by atoms with Gasteiger partial charge < -0.3 is 16.2 Å². The Morgan fingerprint density at radius 2 is 2.24 bits per heavy atom. The van der Waals surface area contributed by atoms with Gasteiger partial charge in [0.25, 0.3) is 5.91 Å². The highest BCUT2D eigenvalue weighted by atomic mass is 32.2. The summed E-state index contributed by atoms with van der Waals surface area (Å²) in [6.07, 6.45) is 1.65. The van der Waals surface area contributed by atoms with Crippen molar-refractivity contribution >= 4 is 29.3 Å². The lowest BCUT2D eigenvalue weighted by Gasteiger charge is -2.04. The van der Waals surface area contributed by atoms with Gasteiger partial charge in [0.1, 0.15) is 0 Å². The van der Waals surface area contributed by atoms with Crippen molar-refractivity contribution in [3.8, 4) is 0 Å². The number of rotatable bonds is 5. The molecule has 4 N–H and O–H groups in total. The number of amides is 1. The number of carbonyl (C=O) groups is 2. The molecule has 17 heavy (non-hydrogen) atoms. The van der Waals surface area contributed by atoms with Crippen LogP contribution in [0.3, 0.4) is 0 Å². The third-order valence-corrected chi connectivity index (χ3v) is 2.89. The van der Waals surface area contributed by atoms with Crippen LogP contribution >= 0.6 is 11.8 Å². The number of nitrogen functional groups attached to an aromatic ring is 1. The number of nitrogens with zero attached hydrogens (tertiary/aromatic N) is 1. The second-order valence-corrected chi connectivity index (χ2v) is 4.26. The molecular weight excluding hydrogens is 242 g/mol. The lowest BCUT2D eigenvalue weighted by molar-refractivity contribution is -0.140. The van der Waals surface area contributed by atoms with Crippen LogP contribution < -0.4 is 11.5 Å². The van der Waals surface area contributed by atoms with Crippen LogP contribution in [0.4, 0.5) is 5.69 Å². The van der Waals surface area contributed by atoms with Crippen molar-refractivity contribution in [2.45, 2.75) is 11.4 Å². The summed E-state index contributed by atoms with van der Waals surface area (Å²) in [7, 11) is 1.33. The molecule has 0 aliphatic carbocycles. The van der Waals surface area contributed by atoms with Crippen molar-refractivity contribution in [1.29, 1.82) is 0 Å². The molecule has 1 aromatic rings. The predicted octanol–water partition coefficient (Wildman–Crippen LogP) is 0.418. The van der Waals surface area contributed by atoms with E-state index < -0.39 is 5.91 Å². The van der Waals surface area contributed by atoms with Gasteiger partial charge in [-0.25, -0.2) is 4.98 Å². The van der Waals surface area contributed by atoms with Crippen LogP contribution in [0.15, 0.2) is 17.3 Å². The standard InChI is InChI=1S/C10H13N3O3S/c1-16-9(14)2-3-17-8-4-6(10(12)15)7(11)5-13-8/h4-5H,2-3,11H2,1H3,(H2,12,15). The zero-order valence-electron chi connectivity index (χ0n) is 9.30. The molecular formula is C10H13N3O3S. The summed E-state index contributed by atoms with van der Waals surface area (Å²) >= 11 is 1.33. The van der Waals surface area contributed by atoms with Crippen molar-refractivity contribution in [2.24, 2.45) is 5.73 Å². The Kier molecular flexibility index (Phi) is 4.77. The van der Waals surface area contributed by atoms with Gasteiger partial charge in [0.05, 0.1) is 36.0 Å². The second-order valence-electron chi connectivity index (χ2n) is 3.15. The van der Waals surface area contributed by atoms with E-state index in [9.17, 15) is 9.59 Å². The maximum atomic E-state index is 11.0. The van der Waals surface area contributed by atoms with Gasteiger partial charge >= 0.3 is 5.97 Å². The van der Waals surface area contributed by atoms with Gasteiger partial charge in [-0.3, -0.25) is 9.59 Å². The Balaban J connectivity index is 2.63. The van der Waals surface area contributed by atoms with Crippen LogP contribution in [0, 0.1) is 0 Å². The molecule has 0 saturated heterocycles. The molecule has 0 aromatic carbocycles. The molecule has 0 unspecified atom stereocenters. The van der Waals surface area contributed by atoms with E-state index in [1.54, 1.807) is 0 Å². The van der Waals surface area contributed by atoms with Crippen LogP contribution in [-0.4, -0.2) is 29.7 Å². The fourth-order valence-corrected chi connectivity index (χ4v) is 1.89. The third kappa shape index (κ3) is 3.95. The average Bonchev–Trinajstić information content (AvgIpc) is 2.30. The zero-order chi connectivity index (χ0) is 12.8. The maximum absolute atomic E-state index is 11.0. The summed E-state index contributed by atoms with van der Waals surface area (Å²) < 4.78 is 4.50. The molecule has 0 spiro atoms.